The molecule has 7 heteroatoms. The number of rotatable bonds is 4. The molecule has 1 saturated heterocycles. The van der Waals surface area contributed by atoms with E-state index >= 15 is 0 Å². The van der Waals surface area contributed by atoms with Gasteiger partial charge in [-0.15, -0.1) is 0 Å². The predicted molar refractivity (Wildman–Crippen MR) is 85.9 cm³/mol. The number of hydrogen-bond acceptors (Lipinski definition) is 4. The van der Waals surface area contributed by atoms with Gasteiger partial charge in [0.1, 0.15) is 5.25 Å². The van der Waals surface area contributed by atoms with Crippen LogP contribution < -0.4 is 11.1 Å². The van der Waals surface area contributed by atoms with Crippen molar-refractivity contribution in [2.75, 3.05) is 24.3 Å². The van der Waals surface area contributed by atoms with Crippen molar-refractivity contribution in [1.82, 2.24) is 0 Å². The highest BCUT2D eigenvalue weighted by molar-refractivity contribution is 7.87. The molecule has 0 aromatic heterocycles. The number of ether oxygens (including phenoxy) is 1. The molecule has 5 nitrogen and oxygen atoms in total. The van der Waals surface area contributed by atoms with Gasteiger partial charge in [-0.2, -0.15) is 0 Å². The van der Waals surface area contributed by atoms with Crippen LogP contribution in [0.2, 0.25) is 5.02 Å². The van der Waals surface area contributed by atoms with Crippen molar-refractivity contribution in [3.8, 4) is 0 Å². The minimum atomic E-state index is -1.22. The van der Waals surface area contributed by atoms with Crippen molar-refractivity contribution < 1.29 is 13.7 Å². The molecule has 1 aromatic carbocycles. The number of benzene rings is 1. The van der Waals surface area contributed by atoms with E-state index < -0.39 is 16.0 Å². The van der Waals surface area contributed by atoms with Crippen LogP contribution in [0.1, 0.15) is 19.8 Å². The molecule has 0 saturated carbocycles. The third-order valence-corrected chi connectivity index (χ3v) is 5.76. The molecule has 2 atom stereocenters. The van der Waals surface area contributed by atoms with Gasteiger partial charge < -0.3 is 15.8 Å². The molecule has 2 rings (SSSR count). The molecule has 116 valence electrons. The van der Waals surface area contributed by atoms with Crippen molar-refractivity contribution in [3.63, 3.8) is 0 Å². The molecule has 1 aliphatic rings. The zero-order chi connectivity index (χ0) is 15.4. The Balaban J connectivity index is 2.00. The molecular formula is C14H19ClN2O3S. The molecule has 0 aliphatic carbocycles. The summed E-state index contributed by atoms with van der Waals surface area (Å²) in [6, 6.07) is 4.85. The fourth-order valence-electron chi connectivity index (χ4n) is 2.18. The van der Waals surface area contributed by atoms with Gasteiger partial charge in [0.15, 0.2) is 0 Å². The minimum Gasteiger partial charge on any atom is -0.397 e. The molecule has 1 heterocycles. The van der Waals surface area contributed by atoms with Gasteiger partial charge in [-0.1, -0.05) is 11.6 Å². The summed E-state index contributed by atoms with van der Waals surface area (Å²) in [5.41, 5.74) is 6.67. The number of anilines is 2. The van der Waals surface area contributed by atoms with E-state index in [1.54, 1.807) is 25.1 Å². The first kappa shape index (κ1) is 16.3. The normalized spacial score (nSPS) is 19.0. The molecular weight excluding hydrogens is 312 g/mol. The van der Waals surface area contributed by atoms with Crippen LogP contribution in [0.4, 0.5) is 11.4 Å². The number of halogens is 1. The van der Waals surface area contributed by atoms with Crippen LogP contribution in [0.15, 0.2) is 18.2 Å². The third-order valence-electron chi connectivity index (χ3n) is 3.49. The third kappa shape index (κ3) is 4.18. The lowest BCUT2D eigenvalue weighted by Crippen LogP contribution is -2.37. The zero-order valence-corrected chi connectivity index (χ0v) is 13.4. The van der Waals surface area contributed by atoms with Gasteiger partial charge in [-0.3, -0.25) is 9.00 Å². The second-order valence-electron chi connectivity index (χ2n) is 5.00. The topological polar surface area (TPSA) is 81.4 Å². The van der Waals surface area contributed by atoms with Crippen molar-refractivity contribution in [3.05, 3.63) is 23.2 Å². The highest BCUT2D eigenvalue weighted by atomic mass is 35.5. The first-order chi connectivity index (χ1) is 9.99. The van der Waals surface area contributed by atoms with Gasteiger partial charge in [-0.25, -0.2) is 0 Å². The van der Waals surface area contributed by atoms with Crippen molar-refractivity contribution in [2.45, 2.75) is 30.3 Å². The maximum atomic E-state index is 12.4. The fraction of sp³-hybridized carbons (Fsp3) is 0.500. The summed E-state index contributed by atoms with van der Waals surface area (Å²) in [6.45, 7) is 2.89. The molecule has 1 aliphatic heterocycles. The second-order valence-corrected chi connectivity index (χ2v) is 7.47. The van der Waals surface area contributed by atoms with E-state index in [9.17, 15) is 9.00 Å². The Labute approximate surface area is 131 Å². The number of carbonyl (C=O) groups is 1. The lowest BCUT2D eigenvalue weighted by atomic mass is 10.2. The predicted octanol–water partition coefficient (Wildman–Crippen LogP) is 2.18. The number of nitrogens with two attached hydrogens (primary N) is 1. The Hall–Kier alpha value is -1.11. The average molecular weight is 331 g/mol. The Morgan fingerprint density at radius 2 is 2.14 bits per heavy atom. The summed E-state index contributed by atoms with van der Waals surface area (Å²) in [6.07, 6.45) is 1.46. The summed E-state index contributed by atoms with van der Waals surface area (Å²) in [5, 5.41) is 2.64. The van der Waals surface area contributed by atoms with E-state index in [1.165, 1.54) is 0 Å². The van der Waals surface area contributed by atoms with Crippen LogP contribution in [0, 0.1) is 0 Å². The van der Waals surface area contributed by atoms with Crippen LogP contribution >= 0.6 is 11.6 Å². The first-order valence-electron chi connectivity index (χ1n) is 6.82. The molecule has 1 amide bonds. The monoisotopic (exact) mass is 330 g/mol. The number of carbonyl (C=O) groups excluding carboxylic acids is 1. The van der Waals surface area contributed by atoms with E-state index in [2.05, 4.69) is 5.32 Å². The molecule has 3 N–H and O–H groups in total. The molecule has 21 heavy (non-hydrogen) atoms. The molecule has 2 unspecified atom stereocenters. The number of amides is 1. The Bertz CT molecular complexity index is 547. The van der Waals surface area contributed by atoms with Gasteiger partial charge in [0, 0.05) is 34.3 Å². The summed E-state index contributed by atoms with van der Waals surface area (Å²) in [4.78, 5) is 12.2. The highest BCUT2D eigenvalue weighted by Crippen LogP contribution is 2.24. The van der Waals surface area contributed by atoms with Crippen LogP contribution in [0.3, 0.4) is 0 Å². The van der Waals surface area contributed by atoms with E-state index in [-0.39, 0.29) is 11.2 Å². The Morgan fingerprint density at radius 1 is 1.48 bits per heavy atom. The van der Waals surface area contributed by atoms with Crippen LogP contribution in [-0.2, 0) is 20.3 Å². The lowest BCUT2D eigenvalue weighted by molar-refractivity contribution is -0.115. The minimum absolute atomic E-state index is 0.0158. The number of nitrogen functional groups attached to an aromatic ring is 1. The molecule has 0 radical (unpaired) electrons. The summed E-state index contributed by atoms with van der Waals surface area (Å²) >= 11 is 5.81. The van der Waals surface area contributed by atoms with Gasteiger partial charge in [0.2, 0.25) is 5.91 Å². The van der Waals surface area contributed by atoms with Gasteiger partial charge in [0.25, 0.3) is 0 Å². The van der Waals surface area contributed by atoms with Crippen molar-refractivity contribution in [2.24, 2.45) is 0 Å². The summed E-state index contributed by atoms with van der Waals surface area (Å²) < 4.78 is 17.7. The maximum Gasteiger partial charge on any atom is 0.239 e. The standard InChI is InChI=1S/C14H19ClN2O3S/c1-9(21(19)11-4-6-20-7-5-11)14(18)17-13-3-2-10(15)8-12(13)16/h2-3,8-9,11H,4-7,16H2,1H3,(H,17,18). The maximum absolute atomic E-state index is 12.4. The van der Waals surface area contributed by atoms with Crippen LogP contribution in [0.5, 0.6) is 0 Å². The lowest BCUT2D eigenvalue weighted by Gasteiger charge is -2.24. The van der Waals surface area contributed by atoms with E-state index in [0.29, 0.717) is 29.6 Å². The number of hydrogen-bond donors (Lipinski definition) is 2. The molecule has 1 aromatic rings. The Morgan fingerprint density at radius 3 is 2.76 bits per heavy atom. The second kappa shape index (κ2) is 7.24. The Kier molecular flexibility index (Phi) is 5.61. The zero-order valence-electron chi connectivity index (χ0n) is 11.8. The van der Waals surface area contributed by atoms with Crippen molar-refractivity contribution in [1.29, 1.82) is 0 Å². The highest BCUT2D eigenvalue weighted by Gasteiger charge is 2.28. The van der Waals surface area contributed by atoms with Crippen molar-refractivity contribution >= 4 is 39.7 Å². The summed E-state index contributed by atoms with van der Waals surface area (Å²) in [5.74, 6) is -0.297. The quantitative estimate of drug-likeness (QED) is 0.829. The average Bonchev–Trinajstić information content (AvgIpc) is 2.49. The smallest absolute Gasteiger partial charge is 0.239 e. The molecule has 1 fully saturated rings. The van der Waals surface area contributed by atoms with Gasteiger partial charge >= 0.3 is 0 Å². The van der Waals surface area contributed by atoms with Crippen LogP contribution in [-0.4, -0.2) is 33.8 Å². The van der Waals surface area contributed by atoms with E-state index in [0.717, 1.165) is 12.8 Å². The van der Waals surface area contributed by atoms with Crippen LogP contribution in [0.25, 0.3) is 0 Å². The fourth-order valence-corrected chi connectivity index (χ4v) is 3.87. The molecule has 0 spiro atoms. The number of nitrogens with one attached hydrogen (secondary N) is 1. The summed E-state index contributed by atoms with van der Waals surface area (Å²) in [7, 11) is -1.22. The van der Waals surface area contributed by atoms with Gasteiger partial charge in [0.05, 0.1) is 11.4 Å². The van der Waals surface area contributed by atoms with E-state index in [4.69, 9.17) is 22.1 Å². The van der Waals surface area contributed by atoms with Gasteiger partial charge in [-0.05, 0) is 38.0 Å². The first-order valence-corrected chi connectivity index (χ1v) is 8.47. The molecule has 0 bridgehead atoms. The largest absolute Gasteiger partial charge is 0.397 e. The van der Waals surface area contributed by atoms with E-state index in [1.807, 2.05) is 0 Å². The SMILES string of the molecule is CC(C(=O)Nc1ccc(Cl)cc1N)S(=O)C1CCOCC1.